The fourth-order valence-corrected chi connectivity index (χ4v) is 4.01. The first kappa shape index (κ1) is 17.6. The highest BCUT2D eigenvalue weighted by atomic mass is 32.2. The third kappa shape index (κ3) is 3.72. The van der Waals surface area contributed by atoms with Crippen molar-refractivity contribution in [3.63, 3.8) is 0 Å². The molecule has 1 amide bonds. The zero-order chi connectivity index (χ0) is 17.8. The Morgan fingerprint density at radius 2 is 1.80 bits per heavy atom. The molecule has 130 valence electrons. The maximum absolute atomic E-state index is 12.5. The summed E-state index contributed by atoms with van der Waals surface area (Å²) in [5.41, 5.74) is 1.27. The van der Waals surface area contributed by atoms with Gasteiger partial charge in [-0.05, 0) is 42.2 Å². The Kier molecular flexibility index (Phi) is 5.45. The van der Waals surface area contributed by atoms with Crippen LogP contribution in [-0.2, 0) is 0 Å². The molecule has 0 fully saturated rings. The number of amides is 1. The number of benzene rings is 2. The zero-order valence-corrected chi connectivity index (χ0v) is 15.8. The molecule has 0 saturated heterocycles. The quantitative estimate of drug-likeness (QED) is 0.635. The van der Waals surface area contributed by atoms with E-state index in [0.29, 0.717) is 27.7 Å². The Morgan fingerprint density at radius 3 is 2.44 bits per heavy atom. The number of hydrogen-bond donors (Lipinski definition) is 1. The smallest absolute Gasteiger partial charge is 0.257 e. The predicted octanol–water partition coefficient (Wildman–Crippen LogP) is 4.68. The number of rotatable bonds is 6. The van der Waals surface area contributed by atoms with Gasteiger partial charge in [0.2, 0.25) is 0 Å². The number of nitrogens with one attached hydrogen (secondary N) is 1. The zero-order valence-electron chi connectivity index (χ0n) is 14.2. The minimum atomic E-state index is -0.190. The van der Waals surface area contributed by atoms with Crippen LogP contribution >= 0.6 is 23.1 Å². The van der Waals surface area contributed by atoms with E-state index in [1.165, 1.54) is 11.3 Å². The number of thioether (sulfide) groups is 1. The summed E-state index contributed by atoms with van der Waals surface area (Å²) in [4.78, 5) is 18.1. The van der Waals surface area contributed by atoms with Crippen LogP contribution in [0.15, 0.2) is 41.3 Å². The Hall–Kier alpha value is -2.25. The molecule has 0 radical (unpaired) electrons. The Bertz CT molecular complexity index is 850. The van der Waals surface area contributed by atoms with Gasteiger partial charge in [-0.25, -0.2) is 4.98 Å². The number of ether oxygens (including phenoxy) is 2. The second-order valence-electron chi connectivity index (χ2n) is 5.08. The van der Waals surface area contributed by atoms with Crippen molar-refractivity contribution in [2.45, 2.75) is 11.8 Å². The lowest BCUT2D eigenvalue weighted by atomic mass is 10.2. The van der Waals surface area contributed by atoms with E-state index in [9.17, 15) is 4.79 Å². The van der Waals surface area contributed by atoms with Gasteiger partial charge in [-0.1, -0.05) is 18.3 Å². The standard InChI is InChI=1S/C18H18N2O3S2/c1-4-24-12-7-5-11(6-8-12)17(21)20-18-19-15-13(22-2)9-10-14(23-3)16(15)25-18/h5-10H,4H2,1-3H3,(H,19,20,21). The van der Waals surface area contributed by atoms with Crippen molar-refractivity contribution in [3.8, 4) is 11.5 Å². The number of thiazole rings is 1. The number of nitrogens with zero attached hydrogens (tertiary/aromatic N) is 1. The van der Waals surface area contributed by atoms with Gasteiger partial charge >= 0.3 is 0 Å². The van der Waals surface area contributed by atoms with Crippen molar-refractivity contribution >= 4 is 44.4 Å². The Labute approximate surface area is 154 Å². The number of carbonyl (C=O) groups is 1. The Balaban J connectivity index is 1.85. The monoisotopic (exact) mass is 374 g/mol. The first-order valence-electron chi connectivity index (χ1n) is 7.72. The SMILES string of the molecule is CCSc1ccc(C(=O)Nc2nc3c(OC)ccc(OC)c3s2)cc1. The van der Waals surface area contributed by atoms with E-state index in [1.54, 1.807) is 32.0 Å². The van der Waals surface area contributed by atoms with Crippen LogP contribution < -0.4 is 14.8 Å². The van der Waals surface area contributed by atoms with Crippen molar-refractivity contribution < 1.29 is 14.3 Å². The van der Waals surface area contributed by atoms with Crippen LogP contribution in [0.1, 0.15) is 17.3 Å². The van der Waals surface area contributed by atoms with Crippen molar-refractivity contribution in [1.29, 1.82) is 0 Å². The molecule has 0 bridgehead atoms. The molecular formula is C18H18N2O3S2. The summed E-state index contributed by atoms with van der Waals surface area (Å²) >= 11 is 3.10. The van der Waals surface area contributed by atoms with Gasteiger partial charge in [0, 0.05) is 10.5 Å². The van der Waals surface area contributed by atoms with Gasteiger partial charge in [0.1, 0.15) is 21.7 Å². The van der Waals surface area contributed by atoms with Gasteiger partial charge in [0.05, 0.1) is 14.2 Å². The number of hydrogen-bond acceptors (Lipinski definition) is 6. The molecule has 0 aliphatic carbocycles. The average Bonchev–Trinajstić information content (AvgIpc) is 3.05. The maximum Gasteiger partial charge on any atom is 0.257 e. The van der Waals surface area contributed by atoms with E-state index in [0.717, 1.165) is 15.3 Å². The minimum absolute atomic E-state index is 0.190. The number of aromatic nitrogens is 1. The van der Waals surface area contributed by atoms with Gasteiger partial charge in [0.15, 0.2) is 5.13 Å². The summed E-state index contributed by atoms with van der Waals surface area (Å²) in [7, 11) is 3.20. The molecule has 25 heavy (non-hydrogen) atoms. The van der Waals surface area contributed by atoms with E-state index in [1.807, 2.05) is 30.3 Å². The highest BCUT2D eigenvalue weighted by Crippen LogP contribution is 2.38. The summed E-state index contributed by atoms with van der Waals surface area (Å²) in [5.74, 6) is 2.16. The molecule has 0 saturated carbocycles. The van der Waals surface area contributed by atoms with Crippen molar-refractivity contribution in [3.05, 3.63) is 42.0 Å². The summed E-state index contributed by atoms with van der Waals surface area (Å²) in [6.07, 6.45) is 0. The topological polar surface area (TPSA) is 60.5 Å². The summed E-state index contributed by atoms with van der Waals surface area (Å²) in [5, 5.41) is 3.36. The van der Waals surface area contributed by atoms with Crippen LogP contribution in [0.4, 0.5) is 5.13 Å². The molecule has 1 aromatic heterocycles. The van der Waals surface area contributed by atoms with E-state index in [-0.39, 0.29) is 5.91 Å². The van der Waals surface area contributed by atoms with Crippen molar-refractivity contribution in [2.75, 3.05) is 25.3 Å². The van der Waals surface area contributed by atoms with Gasteiger partial charge in [-0.3, -0.25) is 10.1 Å². The van der Waals surface area contributed by atoms with Crippen molar-refractivity contribution in [1.82, 2.24) is 4.98 Å². The summed E-state index contributed by atoms with van der Waals surface area (Å²) in [6, 6.07) is 11.2. The normalized spacial score (nSPS) is 10.7. The molecule has 1 heterocycles. The lowest BCUT2D eigenvalue weighted by Crippen LogP contribution is -2.11. The molecule has 0 spiro atoms. The third-order valence-corrected chi connectivity index (χ3v) is 5.44. The predicted molar refractivity (Wildman–Crippen MR) is 104 cm³/mol. The van der Waals surface area contributed by atoms with Gasteiger partial charge in [0.25, 0.3) is 5.91 Å². The number of methoxy groups -OCH3 is 2. The second-order valence-corrected chi connectivity index (χ2v) is 7.41. The van der Waals surface area contributed by atoms with Gasteiger partial charge < -0.3 is 9.47 Å². The van der Waals surface area contributed by atoms with Crippen LogP contribution in [0.5, 0.6) is 11.5 Å². The van der Waals surface area contributed by atoms with E-state index in [2.05, 4.69) is 17.2 Å². The van der Waals surface area contributed by atoms with Crippen LogP contribution in [0, 0.1) is 0 Å². The fourth-order valence-electron chi connectivity index (χ4n) is 2.38. The largest absolute Gasteiger partial charge is 0.495 e. The lowest BCUT2D eigenvalue weighted by Gasteiger charge is -2.03. The number of carbonyl (C=O) groups excluding carboxylic acids is 1. The van der Waals surface area contributed by atoms with E-state index >= 15 is 0 Å². The van der Waals surface area contributed by atoms with E-state index < -0.39 is 0 Å². The molecule has 3 rings (SSSR count). The van der Waals surface area contributed by atoms with Crippen molar-refractivity contribution in [2.24, 2.45) is 0 Å². The first-order valence-corrected chi connectivity index (χ1v) is 9.52. The summed E-state index contributed by atoms with van der Waals surface area (Å²) < 4.78 is 11.5. The molecule has 0 aliphatic rings. The van der Waals surface area contributed by atoms with Crippen LogP contribution in [0.25, 0.3) is 10.2 Å². The fraction of sp³-hybridized carbons (Fsp3) is 0.222. The van der Waals surface area contributed by atoms with Gasteiger partial charge in [-0.2, -0.15) is 0 Å². The Morgan fingerprint density at radius 1 is 1.12 bits per heavy atom. The molecule has 0 atom stereocenters. The van der Waals surface area contributed by atoms with Crippen LogP contribution in [0.3, 0.4) is 0 Å². The first-order chi connectivity index (χ1) is 12.2. The van der Waals surface area contributed by atoms with Gasteiger partial charge in [-0.15, -0.1) is 11.8 Å². The number of anilines is 1. The molecular weight excluding hydrogens is 356 g/mol. The molecule has 5 nitrogen and oxygen atoms in total. The van der Waals surface area contributed by atoms with Crippen LogP contribution in [-0.4, -0.2) is 30.9 Å². The summed E-state index contributed by atoms with van der Waals surface area (Å²) in [6.45, 7) is 2.10. The van der Waals surface area contributed by atoms with E-state index in [4.69, 9.17) is 9.47 Å². The highest BCUT2D eigenvalue weighted by Gasteiger charge is 2.15. The molecule has 0 unspecified atom stereocenters. The molecule has 0 aliphatic heterocycles. The minimum Gasteiger partial charge on any atom is -0.495 e. The molecule has 7 heteroatoms. The molecule has 3 aromatic rings. The maximum atomic E-state index is 12.5. The molecule has 2 aromatic carbocycles. The lowest BCUT2D eigenvalue weighted by molar-refractivity contribution is 0.102. The average molecular weight is 374 g/mol. The third-order valence-electron chi connectivity index (χ3n) is 3.56. The second kappa shape index (κ2) is 7.76. The highest BCUT2D eigenvalue weighted by molar-refractivity contribution is 7.99. The number of fused-ring (bicyclic) bond motifs is 1. The molecule has 1 N–H and O–H groups in total. The van der Waals surface area contributed by atoms with Crippen LogP contribution in [0.2, 0.25) is 0 Å².